The molecule has 0 radical (unpaired) electrons. The van der Waals surface area contributed by atoms with E-state index in [1.165, 1.54) is 0 Å². The van der Waals surface area contributed by atoms with E-state index < -0.39 is 8.07 Å². The standard InChI is InChI=1S/C11H20O2Si/c1-7-10(14(5,6)8-2)13-11(12)9(3)4/h8,10H,2-3,7H2,1,4-6H3. The molecule has 0 fully saturated rings. The fourth-order valence-electron chi connectivity index (χ4n) is 1.12. The SMILES string of the molecule is C=C[Si](C)(C)C(CC)OC(=O)C(=C)C. The van der Waals surface area contributed by atoms with Crippen LogP contribution < -0.4 is 0 Å². The van der Waals surface area contributed by atoms with Crippen molar-refractivity contribution in [1.29, 1.82) is 0 Å². The molecule has 0 saturated carbocycles. The van der Waals surface area contributed by atoms with Gasteiger partial charge in [0, 0.05) is 5.57 Å². The van der Waals surface area contributed by atoms with Crippen LogP contribution in [0.3, 0.4) is 0 Å². The summed E-state index contributed by atoms with van der Waals surface area (Å²) in [6.07, 6.45) is 0.838. The Bertz CT molecular complexity index is 244. The van der Waals surface area contributed by atoms with Crippen LogP contribution in [0.2, 0.25) is 13.1 Å². The molecule has 2 nitrogen and oxygen atoms in total. The molecule has 1 atom stereocenters. The Morgan fingerprint density at radius 3 is 2.36 bits per heavy atom. The zero-order valence-electron chi connectivity index (χ0n) is 9.59. The maximum Gasteiger partial charge on any atom is 0.333 e. The van der Waals surface area contributed by atoms with Gasteiger partial charge in [0.05, 0.1) is 5.73 Å². The van der Waals surface area contributed by atoms with Crippen molar-refractivity contribution in [3.8, 4) is 0 Å². The highest BCUT2D eigenvalue weighted by Gasteiger charge is 2.30. The zero-order valence-corrected chi connectivity index (χ0v) is 10.6. The molecule has 0 spiro atoms. The van der Waals surface area contributed by atoms with E-state index in [-0.39, 0.29) is 11.7 Å². The molecule has 0 aliphatic heterocycles. The zero-order chi connectivity index (χ0) is 11.4. The van der Waals surface area contributed by atoms with Crippen molar-refractivity contribution in [3.05, 3.63) is 24.4 Å². The summed E-state index contributed by atoms with van der Waals surface area (Å²) in [5.41, 5.74) is 2.41. The van der Waals surface area contributed by atoms with Crippen molar-refractivity contribution in [2.24, 2.45) is 0 Å². The third-order valence-electron chi connectivity index (χ3n) is 2.32. The number of esters is 1. The van der Waals surface area contributed by atoms with Gasteiger partial charge in [-0.25, -0.2) is 4.79 Å². The third-order valence-corrected chi connectivity index (χ3v) is 5.56. The van der Waals surface area contributed by atoms with Crippen LogP contribution in [-0.4, -0.2) is 19.8 Å². The first-order valence-electron chi connectivity index (χ1n) is 4.85. The highest BCUT2D eigenvalue weighted by Crippen LogP contribution is 2.17. The van der Waals surface area contributed by atoms with Crippen molar-refractivity contribution in [2.45, 2.75) is 39.1 Å². The van der Waals surface area contributed by atoms with Gasteiger partial charge in [-0.1, -0.05) is 32.3 Å². The topological polar surface area (TPSA) is 26.3 Å². The lowest BCUT2D eigenvalue weighted by Gasteiger charge is -2.28. The normalized spacial score (nSPS) is 13.1. The van der Waals surface area contributed by atoms with Gasteiger partial charge in [-0.2, -0.15) is 0 Å². The van der Waals surface area contributed by atoms with Gasteiger partial charge in [-0.15, -0.1) is 6.58 Å². The molecule has 0 aromatic rings. The molecule has 0 amide bonds. The molecular weight excluding hydrogens is 192 g/mol. The van der Waals surface area contributed by atoms with Crippen LogP contribution in [0.1, 0.15) is 20.3 Å². The summed E-state index contributed by atoms with van der Waals surface area (Å²) in [7, 11) is -1.64. The highest BCUT2D eigenvalue weighted by molar-refractivity contribution is 6.83. The van der Waals surface area contributed by atoms with Crippen molar-refractivity contribution in [3.63, 3.8) is 0 Å². The Labute approximate surface area is 87.7 Å². The Morgan fingerprint density at radius 2 is 2.07 bits per heavy atom. The average molecular weight is 212 g/mol. The summed E-state index contributed by atoms with van der Waals surface area (Å²) in [4.78, 5) is 11.3. The van der Waals surface area contributed by atoms with Gasteiger partial charge in [0.25, 0.3) is 0 Å². The van der Waals surface area contributed by atoms with E-state index in [1.807, 2.05) is 12.6 Å². The maximum absolute atomic E-state index is 11.3. The highest BCUT2D eigenvalue weighted by atomic mass is 28.3. The summed E-state index contributed by atoms with van der Waals surface area (Å²) < 4.78 is 5.37. The van der Waals surface area contributed by atoms with E-state index in [0.29, 0.717) is 5.57 Å². The van der Waals surface area contributed by atoms with E-state index in [1.54, 1.807) is 6.92 Å². The van der Waals surface area contributed by atoms with Crippen LogP contribution in [-0.2, 0) is 9.53 Å². The van der Waals surface area contributed by atoms with E-state index in [2.05, 4.69) is 26.3 Å². The van der Waals surface area contributed by atoms with Crippen molar-refractivity contribution < 1.29 is 9.53 Å². The van der Waals surface area contributed by atoms with Gasteiger partial charge in [0.15, 0.2) is 0 Å². The molecule has 1 unspecified atom stereocenters. The van der Waals surface area contributed by atoms with Gasteiger partial charge in [0.2, 0.25) is 0 Å². The van der Waals surface area contributed by atoms with Gasteiger partial charge in [-0.05, 0) is 13.3 Å². The van der Waals surface area contributed by atoms with Crippen LogP contribution in [0.25, 0.3) is 0 Å². The second-order valence-electron chi connectivity index (χ2n) is 4.11. The fraction of sp³-hybridized carbons (Fsp3) is 0.545. The van der Waals surface area contributed by atoms with Crippen LogP contribution in [0.5, 0.6) is 0 Å². The van der Waals surface area contributed by atoms with Gasteiger partial charge in [-0.3, -0.25) is 0 Å². The first kappa shape index (κ1) is 13.2. The van der Waals surface area contributed by atoms with Crippen molar-refractivity contribution in [2.75, 3.05) is 0 Å². The minimum Gasteiger partial charge on any atom is -0.463 e. The Balaban J connectivity index is 4.52. The Kier molecular flexibility index (Phi) is 4.84. The number of carbonyl (C=O) groups is 1. The monoisotopic (exact) mass is 212 g/mol. The van der Waals surface area contributed by atoms with Gasteiger partial charge >= 0.3 is 5.97 Å². The number of hydrogen-bond acceptors (Lipinski definition) is 2. The lowest BCUT2D eigenvalue weighted by atomic mass is 10.4. The minimum atomic E-state index is -1.64. The average Bonchev–Trinajstić information content (AvgIpc) is 2.13. The lowest BCUT2D eigenvalue weighted by molar-refractivity contribution is -0.141. The molecule has 0 saturated heterocycles. The summed E-state index contributed by atoms with van der Waals surface area (Å²) in [6, 6.07) is 0. The van der Waals surface area contributed by atoms with Gasteiger partial charge < -0.3 is 4.74 Å². The molecule has 0 aliphatic carbocycles. The smallest absolute Gasteiger partial charge is 0.333 e. The molecular formula is C11H20O2Si. The van der Waals surface area contributed by atoms with E-state index >= 15 is 0 Å². The molecule has 80 valence electrons. The molecule has 0 aromatic carbocycles. The molecule has 0 bridgehead atoms. The lowest BCUT2D eigenvalue weighted by Crippen LogP contribution is -2.42. The first-order chi connectivity index (χ1) is 6.35. The molecule has 0 aliphatic rings. The Morgan fingerprint density at radius 1 is 1.57 bits per heavy atom. The van der Waals surface area contributed by atoms with E-state index in [4.69, 9.17) is 4.74 Å². The fourth-order valence-corrected chi connectivity index (χ4v) is 2.85. The molecule has 3 heteroatoms. The third kappa shape index (κ3) is 3.50. The quantitative estimate of drug-likeness (QED) is 0.398. The summed E-state index contributed by atoms with van der Waals surface area (Å²) >= 11 is 0. The molecule has 0 N–H and O–H groups in total. The summed E-state index contributed by atoms with van der Waals surface area (Å²) in [5.74, 6) is -0.292. The Hall–Kier alpha value is -0.833. The minimum absolute atomic E-state index is 0.00389. The summed E-state index contributed by atoms with van der Waals surface area (Å²) in [5, 5.41) is 0. The largest absolute Gasteiger partial charge is 0.463 e. The number of hydrogen-bond donors (Lipinski definition) is 0. The van der Waals surface area contributed by atoms with Gasteiger partial charge in [0.1, 0.15) is 8.07 Å². The summed E-state index contributed by atoms with van der Waals surface area (Å²) in [6.45, 7) is 15.3. The van der Waals surface area contributed by atoms with Crippen molar-refractivity contribution in [1.82, 2.24) is 0 Å². The second kappa shape index (κ2) is 5.15. The molecule has 0 heterocycles. The van der Waals surface area contributed by atoms with Crippen LogP contribution >= 0.6 is 0 Å². The van der Waals surface area contributed by atoms with Crippen molar-refractivity contribution >= 4 is 14.0 Å². The predicted molar refractivity (Wildman–Crippen MR) is 62.7 cm³/mol. The van der Waals surface area contributed by atoms with E-state index in [9.17, 15) is 4.79 Å². The maximum atomic E-state index is 11.3. The van der Waals surface area contributed by atoms with Crippen LogP contribution in [0.4, 0.5) is 0 Å². The second-order valence-corrected chi connectivity index (χ2v) is 8.80. The van der Waals surface area contributed by atoms with Crippen LogP contribution in [0.15, 0.2) is 24.4 Å². The molecule has 0 rings (SSSR count). The first-order valence-corrected chi connectivity index (χ1v) is 8.00. The van der Waals surface area contributed by atoms with Crippen LogP contribution in [0, 0.1) is 0 Å². The molecule has 0 aromatic heterocycles. The van der Waals surface area contributed by atoms with E-state index in [0.717, 1.165) is 6.42 Å². The number of rotatable bonds is 5. The number of carbonyl (C=O) groups excluding carboxylic acids is 1. The predicted octanol–water partition coefficient (Wildman–Crippen LogP) is 2.86. The number of ether oxygens (including phenoxy) is 1. The molecule has 14 heavy (non-hydrogen) atoms.